The molecule has 0 fully saturated rings. The molecule has 1 aromatic carbocycles. The van der Waals surface area contributed by atoms with Crippen LogP contribution in [0.3, 0.4) is 0 Å². The van der Waals surface area contributed by atoms with Crippen molar-refractivity contribution in [2.75, 3.05) is 5.32 Å². The fraction of sp³-hybridized carbons (Fsp3) is 0.308. The Kier molecular flexibility index (Phi) is 4.17. The van der Waals surface area contributed by atoms with Gasteiger partial charge in [0.1, 0.15) is 18.2 Å². The maximum absolute atomic E-state index is 9.10. The Balaban J connectivity index is 2.15. The van der Waals surface area contributed by atoms with Gasteiger partial charge < -0.3 is 5.32 Å². The molecule has 0 aliphatic carbocycles. The molecule has 0 radical (unpaired) electrons. The summed E-state index contributed by atoms with van der Waals surface area (Å²) in [6.07, 6.45) is 1.55. The summed E-state index contributed by atoms with van der Waals surface area (Å²) in [5.41, 5.74) is 1.40. The molecular weight excluding hydrogens is 306 g/mol. The highest BCUT2D eigenvalue weighted by molar-refractivity contribution is 9.10. The second kappa shape index (κ2) is 5.85. The van der Waals surface area contributed by atoms with Gasteiger partial charge in [-0.2, -0.15) is 10.4 Å². The molecule has 5 nitrogen and oxygen atoms in total. The first kappa shape index (κ1) is 13.6. The van der Waals surface area contributed by atoms with Gasteiger partial charge >= 0.3 is 0 Å². The summed E-state index contributed by atoms with van der Waals surface area (Å²) < 4.78 is 2.75. The summed E-state index contributed by atoms with van der Waals surface area (Å²) in [4.78, 5) is 4.22. The lowest BCUT2D eigenvalue weighted by Crippen LogP contribution is -2.12. The third-order valence-electron chi connectivity index (χ3n) is 2.68. The molecule has 0 bridgehead atoms. The molecule has 0 spiro atoms. The first-order valence-corrected chi connectivity index (χ1v) is 6.73. The van der Waals surface area contributed by atoms with Crippen molar-refractivity contribution in [3.05, 3.63) is 40.4 Å². The molecule has 0 saturated carbocycles. The van der Waals surface area contributed by atoms with Gasteiger partial charge in [0.15, 0.2) is 0 Å². The fourth-order valence-corrected chi connectivity index (χ4v) is 2.13. The van der Waals surface area contributed by atoms with E-state index >= 15 is 0 Å². The lowest BCUT2D eigenvalue weighted by atomic mass is 10.2. The highest BCUT2D eigenvalue weighted by atomic mass is 79.9. The van der Waals surface area contributed by atoms with Gasteiger partial charge in [-0.25, -0.2) is 9.67 Å². The van der Waals surface area contributed by atoms with Crippen LogP contribution in [-0.4, -0.2) is 14.8 Å². The lowest BCUT2D eigenvalue weighted by Gasteiger charge is -2.11. The van der Waals surface area contributed by atoms with Crippen molar-refractivity contribution in [1.82, 2.24) is 14.8 Å². The first-order valence-electron chi connectivity index (χ1n) is 5.93. The van der Waals surface area contributed by atoms with Crippen LogP contribution in [-0.2, 0) is 6.54 Å². The number of benzene rings is 1. The smallest absolute Gasteiger partial charge is 0.146 e. The Morgan fingerprint density at radius 1 is 1.47 bits per heavy atom. The predicted molar refractivity (Wildman–Crippen MR) is 76.6 cm³/mol. The second-order valence-corrected chi connectivity index (χ2v) is 5.29. The number of nitrogens with one attached hydrogen (secondary N) is 1. The van der Waals surface area contributed by atoms with Crippen LogP contribution < -0.4 is 5.32 Å². The van der Waals surface area contributed by atoms with E-state index in [0.717, 1.165) is 16.0 Å². The van der Waals surface area contributed by atoms with Crippen LogP contribution in [0.15, 0.2) is 29.0 Å². The van der Waals surface area contributed by atoms with Crippen LogP contribution in [0.4, 0.5) is 5.69 Å². The van der Waals surface area contributed by atoms with Gasteiger partial charge in [-0.15, -0.1) is 0 Å². The highest BCUT2D eigenvalue weighted by Crippen LogP contribution is 2.20. The molecule has 0 atom stereocenters. The van der Waals surface area contributed by atoms with Gasteiger partial charge in [0, 0.05) is 10.5 Å². The molecule has 1 aromatic heterocycles. The van der Waals surface area contributed by atoms with Crippen molar-refractivity contribution < 1.29 is 0 Å². The van der Waals surface area contributed by atoms with E-state index in [2.05, 4.69) is 51.2 Å². The van der Waals surface area contributed by atoms with E-state index in [9.17, 15) is 0 Å². The van der Waals surface area contributed by atoms with Crippen LogP contribution >= 0.6 is 15.9 Å². The summed E-state index contributed by atoms with van der Waals surface area (Å²) >= 11 is 3.35. The van der Waals surface area contributed by atoms with Gasteiger partial charge in [0.25, 0.3) is 0 Å². The average molecular weight is 320 g/mol. The molecule has 19 heavy (non-hydrogen) atoms. The van der Waals surface area contributed by atoms with Gasteiger partial charge in [-0.05, 0) is 32.0 Å². The average Bonchev–Trinajstić information content (AvgIpc) is 2.85. The largest absolute Gasteiger partial charge is 0.377 e. The zero-order chi connectivity index (χ0) is 13.8. The Hall–Kier alpha value is -1.87. The van der Waals surface area contributed by atoms with Gasteiger partial charge in [0.2, 0.25) is 0 Å². The summed E-state index contributed by atoms with van der Waals surface area (Å²) in [6.45, 7) is 4.64. The predicted octanol–water partition coefficient (Wildman–Crippen LogP) is 3.11. The Bertz CT molecular complexity index is 612. The lowest BCUT2D eigenvalue weighted by molar-refractivity contribution is 0.509. The topological polar surface area (TPSA) is 66.5 Å². The minimum Gasteiger partial charge on any atom is -0.377 e. The van der Waals surface area contributed by atoms with Gasteiger partial charge in [0.05, 0.1) is 17.8 Å². The number of halogens is 1. The zero-order valence-corrected chi connectivity index (χ0v) is 12.3. The molecular formula is C13H14BrN5. The molecule has 0 amide bonds. The van der Waals surface area contributed by atoms with Crippen LogP contribution in [0, 0.1) is 11.3 Å². The number of aromatic nitrogens is 3. The summed E-state index contributed by atoms with van der Waals surface area (Å²) in [5.74, 6) is 0.849. The molecule has 0 aliphatic heterocycles. The standard InChI is InChI=1S/C13H14BrN5/c1-9(2)19-13(17-8-18-19)7-16-12-4-3-11(14)5-10(12)6-15/h3-5,8-9,16H,7H2,1-2H3. The number of nitrogens with zero attached hydrogens (tertiary/aromatic N) is 4. The van der Waals surface area contributed by atoms with E-state index in [1.165, 1.54) is 0 Å². The molecule has 0 saturated heterocycles. The number of nitriles is 1. The van der Waals surface area contributed by atoms with Crippen molar-refractivity contribution in [2.24, 2.45) is 0 Å². The third kappa shape index (κ3) is 3.12. The Labute approximate surface area is 120 Å². The van der Waals surface area contributed by atoms with Crippen molar-refractivity contribution in [3.63, 3.8) is 0 Å². The minimum absolute atomic E-state index is 0.264. The van der Waals surface area contributed by atoms with Gasteiger partial charge in [-0.1, -0.05) is 15.9 Å². The Morgan fingerprint density at radius 3 is 2.95 bits per heavy atom. The third-order valence-corrected chi connectivity index (χ3v) is 3.17. The van der Waals surface area contributed by atoms with Crippen LogP contribution in [0.25, 0.3) is 0 Å². The molecule has 1 heterocycles. The SMILES string of the molecule is CC(C)n1ncnc1CNc1ccc(Br)cc1C#N. The highest BCUT2D eigenvalue weighted by Gasteiger charge is 2.08. The summed E-state index contributed by atoms with van der Waals surface area (Å²) in [6, 6.07) is 7.99. The first-order chi connectivity index (χ1) is 9.11. The van der Waals surface area contributed by atoms with Crippen LogP contribution in [0.5, 0.6) is 0 Å². The van der Waals surface area contributed by atoms with Crippen LogP contribution in [0.2, 0.25) is 0 Å². The maximum Gasteiger partial charge on any atom is 0.146 e. The van der Waals surface area contributed by atoms with Crippen molar-refractivity contribution in [3.8, 4) is 6.07 Å². The van der Waals surface area contributed by atoms with E-state index in [0.29, 0.717) is 12.1 Å². The van der Waals surface area contributed by atoms with Crippen molar-refractivity contribution in [1.29, 1.82) is 5.26 Å². The quantitative estimate of drug-likeness (QED) is 0.940. The van der Waals surface area contributed by atoms with Crippen molar-refractivity contribution in [2.45, 2.75) is 26.4 Å². The normalized spacial score (nSPS) is 10.5. The molecule has 98 valence electrons. The number of anilines is 1. The van der Waals surface area contributed by atoms with Crippen LogP contribution in [0.1, 0.15) is 31.3 Å². The molecule has 1 N–H and O–H groups in total. The number of hydrogen-bond acceptors (Lipinski definition) is 4. The molecule has 2 aromatic rings. The minimum atomic E-state index is 0.264. The molecule has 0 unspecified atom stereocenters. The number of rotatable bonds is 4. The molecule has 6 heteroatoms. The van der Waals surface area contributed by atoms with Crippen molar-refractivity contribution >= 4 is 21.6 Å². The summed E-state index contributed by atoms with van der Waals surface area (Å²) in [7, 11) is 0. The zero-order valence-electron chi connectivity index (χ0n) is 10.8. The fourth-order valence-electron chi connectivity index (χ4n) is 1.77. The van der Waals surface area contributed by atoms with E-state index in [-0.39, 0.29) is 6.04 Å². The van der Waals surface area contributed by atoms with E-state index in [1.54, 1.807) is 12.4 Å². The monoisotopic (exact) mass is 319 g/mol. The second-order valence-electron chi connectivity index (χ2n) is 4.37. The van der Waals surface area contributed by atoms with E-state index in [1.807, 2.05) is 16.8 Å². The van der Waals surface area contributed by atoms with E-state index < -0.39 is 0 Å². The Morgan fingerprint density at radius 2 is 2.26 bits per heavy atom. The molecule has 2 rings (SSSR count). The van der Waals surface area contributed by atoms with E-state index in [4.69, 9.17) is 5.26 Å². The summed E-state index contributed by atoms with van der Waals surface area (Å²) in [5, 5.41) is 16.5. The maximum atomic E-state index is 9.10. The van der Waals surface area contributed by atoms with Gasteiger partial charge in [-0.3, -0.25) is 0 Å². The molecule has 0 aliphatic rings. The number of hydrogen-bond donors (Lipinski definition) is 1.